The molecule has 1 aromatic rings. The average Bonchev–Trinajstić information content (AvgIpc) is 3.06. The lowest BCUT2D eigenvalue weighted by molar-refractivity contribution is 0.0572. The number of ether oxygens (including phenoxy) is 1. The summed E-state index contributed by atoms with van der Waals surface area (Å²) in [7, 11) is 0. The molecule has 0 radical (unpaired) electrons. The summed E-state index contributed by atoms with van der Waals surface area (Å²) in [5, 5.41) is 0. The second-order valence-corrected chi connectivity index (χ2v) is 7.80. The molecule has 23 heavy (non-hydrogen) atoms. The first kappa shape index (κ1) is 14.9. The summed E-state index contributed by atoms with van der Waals surface area (Å²) in [6, 6.07) is 5.45. The number of carbonyl (C=O) groups excluding carboxylic acids is 2. The van der Waals surface area contributed by atoms with Gasteiger partial charge in [-0.15, -0.1) is 0 Å². The number of benzene rings is 1. The van der Waals surface area contributed by atoms with Crippen LogP contribution in [0.2, 0.25) is 0 Å². The third-order valence-corrected chi connectivity index (χ3v) is 6.31. The molecule has 2 saturated carbocycles. The van der Waals surface area contributed by atoms with Crippen molar-refractivity contribution >= 4 is 11.6 Å². The Hall–Kier alpha value is -1.64. The first-order valence-corrected chi connectivity index (χ1v) is 8.90. The van der Waals surface area contributed by atoms with E-state index in [1.165, 1.54) is 0 Å². The van der Waals surface area contributed by atoms with Crippen molar-refractivity contribution in [1.29, 1.82) is 0 Å². The zero-order chi connectivity index (χ0) is 16.2. The molecular weight excluding hydrogens is 288 g/mol. The van der Waals surface area contributed by atoms with Gasteiger partial charge in [-0.2, -0.15) is 0 Å². The quantitative estimate of drug-likeness (QED) is 0.779. The molecular formula is C20H24O3. The SMILES string of the molecule is CCCCOc1ccc2c(c1)C(=O)C1C3CCC(C)(C3)C1C2=O. The molecule has 0 aliphatic heterocycles. The molecule has 3 nitrogen and oxygen atoms in total. The van der Waals surface area contributed by atoms with Crippen molar-refractivity contribution in [3.05, 3.63) is 29.3 Å². The number of ketones is 2. The maximum absolute atomic E-state index is 13.1. The van der Waals surface area contributed by atoms with E-state index in [-0.39, 0.29) is 28.8 Å². The maximum Gasteiger partial charge on any atom is 0.167 e. The van der Waals surface area contributed by atoms with Crippen molar-refractivity contribution < 1.29 is 14.3 Å². The van der Waals surface area contributed by atoms with E-state index >= 15 is 0 Å². The molecule has 1 aromatic carbocycles. The van der Waals surface area contributed by atoms with Gasteiger partial charge in [-0.05, 0) is 55.2 Å². The van der Waals surface area contributed by atoms with Crippen molar-refractivity contribution in [1.82, 2.24) is 0 Å². The van der Waals surface area contributed by atoms with Gasteiger partial charge in [0.1, 0.15) is 5.75 Å². The van der Waals surface area contributed by atoms with Crippen LogP contribution in [0.25, 0.3) is 0 Å². The van der Waals surface area contributed by atoms with Gasteiger partial charge >= 0.3 is 0 Å². The van der Waals surface area contributed by atoms with Crippen LogP contribution in [0.4, 0.5) is 0 Å². The Morgan fingerprint density at radius 2 is 2.04 bits per heavy atom. The van der Waals surface area contributed by atoms with Gasteiger partial charge in [0, 0.05) is 23.0 Å². The van der Waals surface area contributed by atoms with Gasteiger partial charge < -0.3 is 4.74 Å². The number of hydrogen-bond acceptors (Lipinski definition) is 3. The van der Waals surface area contributed by atoms with Crippen molar-refractivity contribution in [2.45, 2.75) is 46.0 Å². The lowest BCUT2D eigenvalue weighted by Crippen LogP contribution is -2.43. The minimum Gasteiger partial charge on any atom is -0.494 e. The topological polar surface area (TPSA) is 43.4 Å². The standard InChI is InChI=1S/C20H24O3/c1-3-4-9-23-13-5-6-14-15(10-13)18(21)16-12-7-8-20(2,11-12)17(16)19(14)22/h5-6,10,12,16-17H,3-4,7-9,11H2,1-2H3. The van der Waals surface area contributed by atoms with Gasteiger partial charge in [0.15, 0.2) is 11.6 Å². The van der Waals surface area contributed by atoms with E-state index in [4.69, 9.17) is 4.74 Å². The van der Waals surface area contributed by atoms with Crippen LogP contribution in [-0.4, -0.2) is 18.2 Å². The molecule has 0 spiro atoms. The van der Waals surface area contributed by atoms with Crippen LogP contribution < -0.4 is 4.74 Å². The molecule has 0 aromatic heterocycles. The predicted molar refractivity (Wildman–Crippen MR) is 87.9 cm³/mol. The number of rotatable bonds is 4. The van der Waals surface area contributed by atoms with E-state index in [2.05, 4.69) is 13.8 Å². The summed E-state index contributed by atoms with van der Waals surface area (Å²) in [5.41, 5.74) is 1.25. The van der Waals surface area contributed by atoms with Crippen LogP contribution in [0.3, 0.4) is 0 Å². The summed E-state index contributed by atoms with van der Waals surface area (Å²) < 4.78 is 5.73. The zero-order valence-corrected chi connectivity index (χ0v) is 13.9. The van der Waals surface area contributed by atoms with Crippen molar-refractivity contribution in [2.24, 2.45) is 23.2 Å². The van der Waals surface area contributed by atoms with Gasteiger partial charge in [-0.25, -0.2) is 0 Å². The van der Waals surface area contributed by atoms with E-state index in [0.717, 1.165) is 32.1 Å². The first-order valence-electron chi connectivity index (χ1n) is 8.90. The normalized spacial score (nSPS) is 34.4. The number of carbonyl (C=O) groups is 2. The highest BCUT2D eigenvalue weighted by atomic mass is 16.5. The molecule has 4 unspecified atom stereocenters. The zero-order valence-electron chi connectivity index (χ0n) is 13.9. The molecule has 122 valence electrons. The monoisotopic (exact) mass is 312 g/mol. The number of Topliss-reactive ketones (excluding diaryl/α,β-unsaturated/α-hetero) is 2. The Balaban J connectivity index is 1.69. The predicted octanol–water partition coefficient (Wildman–Crippen LogP) is 4.30. The largest absolute Gasteiger partial charge is 0.494 e. The fraction of sp³-hybridized carbons (Fsp3) is 0.600. The highest BCUT2D eigenvalue weighted by molar-refractivity contribution is 6.17. The third-order valence-electron chi connectivity index (χ3n) is 6.31. The molecule has 0 heterocycles. The van der Waals surface area contributed by atoms with E-state index < -0.39 is 0 Å². The molecule has 2 fully saturated rings. The molecule has 3 aliphatic carbocycles. The highest BCUT2D eigenvalue weighted by Crippen LogP contribution is 2.63. The van der Waals surface area contributed by atoms with Crippen LogP contribution in [0.5, 0.6) is 5.75 Å². The Bertz CT molecular complexity index is 677. The van der Waals surface area contributed by atoms with Gasteiger partial charge in [0.2, 0.25) is 0 Å². The second kappa shape index (κ2) is 5.19. The summed E-state index contributed by atoms with van der Waals surface area (Å²) in [4.78, 5) is 26.1. The number of unbranched alkanes of at least 4 members (excludes halogenated alkanes) is 1. The van der Waals surface area contributed by atoms with Crippen LogP contribution in [0.15, 0.2) is 18.2 Å². The van der Waals surface area contributed by atoms with Gasteiger partial charge in [0.25, 0.3) is 0 Å². The van der Waals surface area contributed by atoms with Crippen LogP contribution >= 0.6 is 0 Å². The van der Waals surface area contributed by atoms with E-state index in [0.29, 0.717) is 29.4 Å². The van der Waals surface area contributed by atoms with E-state index in [1.54, 1.807) is 6.07 Å². The summed E-state index contributed by atoms with van der Waals surface area (Å²) >= 11 is 0. The van der Waals surface area contributed by atoms with Gasteiger partial charge in [0.05, 0.1) is 6.61 Å². The fourth-order valence-electron chi connectivity index (χ4n) is 5.17. The van der Waals surface area contributed by atoms with Crippen LogP contribution in [-0.2, 0) is 0 Å². The van der Waals surface area contributed by atoms with Crippen LogP contribution in [0, 0.1) is 23.2 Å². The minimum atomic E-state index is -0.0897. The number of hydrogen-bond donors (Lipinski definition) is 0. The molecule has 2 bridgehead atoms. The summed E-state index contributed by atoms with van der Waals surface area (Å²) in [6.45, 7) is 4.98. The number of fused-ring (bicyclic) bond motifs is 6. The Labute approximate surface area is 137 Å². The smallest absolute Gasteiger partial charge is 0.167 e. The lowest BCUT2D eigenvalue weighted by Gasteiger charge is -2.38. The Morgan fingerprint density at radius 1 is 1.22 bits per heavy atom. The first-order chi connectivity index (χ1) is 11.0. The minimum absolute atomic E-state index is 0.0378. The van der Waals surface area contributed by atoms with Gasteiger partial charge in [-0.1, -0.05) is 20.3 Å². The lowest BCUT2D eigenvalue weighted by atomic mass is 9.63. The molecule has 3 heteroatoms. The van der Waals surface area contributed by atoms with Crippen molar-refractivity contribution in [2.75, 3.05) is 6.61 Å². The highest BCUT2D eigenvalue weighted by Gasteiger charge is 2.62. The molecule has 0 saturated heterocycles. The van der Waals surface area contributed by atoms with Crippen LogP contribution in [0.1, 0.15) is 66.7 Å². The second-order valence-electron chi connectivity index (χ2n) is 7.80. The molecule has 3 aliphatic rings. The molecule has 4 rings (SSSR count). The van der Waals surface area contributed by atoms with E-state index in [1.807, 2.05) is 12.1 Å². The van der Waals surface area contributed by atoms with Gasteiger partial charge in [-0.3, -0.25) is 9.59 Å². The maximum atomic E-state index is 13.1. The molecule has 4 atom stereocenters. The van der Waals surface area contributed by atoms with Crippen molar-refractivity contribution in [3.8, 4) is 5.75 Å². The Morgan fingerprint density at radius 3 is 2.83 bits per heavy atom. The molecule has 0 amide bonds. The van der Waals surface area contributed by atoms with E-state index in [9.17, 15) is 9.59 Å². The third kappa shape index (κ3) is 2.09. The fourth-order valence-corrected chi connectivity index (χ4v) is 5.17. The average molecular weight is 312 g/mol. The van der Waals surface area contributed by atoms with Crippen molar-refractivity contribution in [3.63, 3.8) is 0 Å². The summed E-state index contributed by atoms with van der Waals surface area (Å²) in [5.74, 6) is 1.31. The molecule has 0 N–H and O–H groups in total. The summed E-state index contributed by atoms with van der Waals surface area (Å²) in [6.07, 6.45) is 5.29. The Kier molecular flexibility index (Phi) is 3.36.